The van der Waals surface area contributed by atoms with Crippen molar-refractivity contribution in [3.05, 3.63) is 116 Å². The number of hydrogen-bond donors (Lipinski definition) is 2. The number of aromatic nitrogens is 1. The van der Waals surface area contributed by atoms with E-state index in [0.29, 0.717) is 39.1 Å². The molecule has 0 spiro atoms. The van der Waals surface area contributed by atoms with Gasteiger partial charge >= 0.3 is 6.18 Å². The minimum atomic E-state index is -4.77. The van der Waals surface area contributed by atoms with E-state index in [0.717, 1.165) is 9.37 Å². The van der Waals surface area contributed by atoms with Gasteiger partial charge in [0.2, 0.25) is 11.8 Å². The maximum absolute atomic E-state index is 15.5. The molecule has 8 rings (SSSR count). The number of imide groups is 2. The van der Waals surface area contributed by atoms with Gasteiger partial charge in [-0.2, -0.15) is 18.2 Å². The number of amides is 4. The molecular formula is C40H30BrCl2F3N4O7. The number of carbonyl (C=O) groups is 4. The van der Waals surface area contributed by atoms with Crippen molar-refractivity contribution in [3.8, 4) is 17.2 Å². The molecule has 2 N–H and O–H groups in total. The van der Waals surface area contributed by atoms with E-state index in [-0.39, 0.29) is 35.7 Å². The molecule has 17 heteroatoms. The average molecular weight is 887 g/mol. The van der Waals surface area contributed by atoms with Crippen molar-refractivity contribution < 1.29 is 46.9 Å². The number of hydrogen-bond acceptors (Lipinski definition) is 9. The lowest BCUT2D eigenvalue weighted by molar-refractivity contribution is -0.139. The highest BCUT2D eigenvalue weighted by molar-refractivity contribution is 9.10. The number of nitrogens with zero attached hydrogens (tertiary/aromatic N) is 3. The van der Waals surface area contributed by atoms with Gasteiger partial charge < -0.3 is 14.6 Å². The number of methoxy groups -OCH3 is 2. The Balaban J connectivity index is 1.36. The summed E-state index contributed by atoms with van der Waals surface area (Å²) < 4.78 is 53.0. The molecule has 0 bridgehead atoms. The van der Waals surface area contributed by atoms with Crippen LogP contribution in [0.1, 0.15) is 35.4 Å². The fraction of sp³-hybridized carbons (Fsp3) is 0.275. The van der Waals surface area contributed by atoms with E-state index in [1.807, 2.05) is 6.08 Å². The number of phenolic OH excluding ortho intramolecular Hbond substituents is 1. The average Bonchev–Trinajstić information content (AvgIpc) is 3.56. The number of nitrogens with one attached hydrogen (secondary N) is 1. The van der Waals surface area contributed by atoms with Crippen LogP contribution in [0.4, 0.5) is 24.7 Å². The van der Waals surface area contributed by atoms with E-state index in [2.05, 4.69) is 26.3 Å². The first-order valence-electron chi connectivity index (χ1n) is 17.5. The molecule has 1 saturated carbocycles. The number of ether oxygens (including phenoxy) is 2. The molecule has 11 nitrogen and oxygen atoms in total. The highest BCUT2D eigenvalue weighted by atomic mass is 79.9. The highest BCUT2D eigenvalue weighted by Gasteiger charge is 2.71. The lowest BCUT2D eigenvalue weighted by atomic mass is 9.49. The van der Waals surface area contributed by atoms with Gasteiger partial charge in [-0.25, -0.2) is 4.98 Å². The Kier molecular flexibility index (Phi) is 9.56. The number of rotatable bonds is 7. The van der Waals surface area contributed by atoms with Crippen molar-refractivity contribution in [1.82, 2.24) is 9.99 Å². The molecule has 2 aliphatic heterocycles. The first-order valence-corrected chi connectivity index (χ1v) is 19.1. The number of aromatic hydroxyl groups is 1. The predicted molar refractivity (Wildman–Crippen MR) is 205 cm³/mol. The monoisotopic (exact) mass is 884 g/mol. The van der Waals surface area contributed by atoms with Gasteiger partial charge in [0.1, 0.15) is 17.2 Å². The number of alkyl halides is 3. The zero-order valence-corrected chi connectivity index (χ0v) is 32.9. The Labute approximate surface area is 341 Å². The summed E-state index contributed by atoms with van der Waals surface area (Å²) in [4.78, 5) is 64.1. The van der Waals surface area contributed by atoms with Crippen LogP contribution >= 0.6 is 39.1 Å². The number of allylic oxidation sites excluding steroid dienone is 2. The van der Waals surface area contributed by atoms with Crippen LogP contribution in [0, 0.1) is 23.7 Å². The highest BCUT2D eigenvalue weighted by Crippen LogP contribution is 2.66. The van der Waals surface area contributed by atoms with Gasteiger partial charge in [-0.15, -0.1) is 0 Å². The van der Waals surface area contributed by atoms with E-state index in [1.54, 1.807) is 48.5 Å². The van der Waals surface area contributed by atoms with Crippen LogP contribution in [-0.2, 0) is 30.8 Å². The molecule has 4 aromatic rings. The zero-order chi connectivity index (χ0) is 40.7. The van der Waals surface area contributed by atoms with Crippen LogP contribution in [-0.4, -0.2) is 52.9 Å². The number of anilines is 2. The third kappa shape index (κ3) is 5.95. The maximum atomic E-state index is 15.5. The van der Waals surface area contributed by atoms with Gasteiger partial charge in [0.05, 0.1) is 53.7 Å². The second-order valence-corrected chi connectivity index (χ2v) is 15.9. The van der Waals surface area contributed by atoms with Crippen molar-refractivity contribution >= 4 is 74.3 Å². The molecule has 4 amide bonds. The van der Waals surface area contributed by atoms with Crippen molar-refractivity contribution in [2.45, 2.75) is 30.4 Å². The summed E-state index contributed by atoms with van der Waals surface area (Å²) in [7, 11) is 2.72. The standard InChI is InChI=1S/C40H30BrCl2F3N4O7/c1-56-29-14-23(51)15-30(57-2)32(29)33-24-11-12-25-31(37(54)49(35(25)52)22-9-5-20(41)6-10-22)26(24)16-27-36(53)50(38(55)39(27,33)18-3-7-21(42)8-4-18)48-34-28(43)13-19(17-47-34)40(44,45)46/h3-11,13-15,17,25-27,31,33,51H,12,16H2,1-2H3,(H,47,48). The van der Waals surface area contributed by atoms with Crippen LogP contribution in [0.15, 0.2) is 89.0 Å². The van der Waals surface area contributed by atoms with Crippen LogP contribution in [0.25, 0.3) is 0 Å². The van der Waals surface area contributed by atoms with Crippen LogP contribution < -0.4 is 19.8 Å². The number of carbonyl (C=O) groups excluding carboxylic acids is 4. The van der Waals surface area contributed by atoms with Crippen molar-refractivity contribution in [2.75, 3.05) is 24.5 Å². The Morgan fingerprint density at radius 3 is 2.16 bits per heavy atom. The van der Waals surface area contributed by atoms with Crippen LogP contribution in [0.2, 0.25) is 10.0 Å². The number of phenols is 1. The fourth-order valence-corrected chi connectivity index (χ4v) is 9.75. The number of benzene rings is 3. The van der Waals surface area contributed by atoms with E-state index < -0.39 is 81.2 Å². The Morgan fingerprint density at radius 1 is 0.912 bits per heavy atom. The fourth-order valence-electron chi connectivity index (χ4n) is 9.15. The second kappa shape index (κ2) is 14.1. The molecule has 0 radical (unpaired) electrons. The summed E-state index contributed by atoms with van der Waals surface area (Å²) >= 11 is 16.0. The third-order valence-electron chi connectivity index (χ3n) is 11.5. The minimum Gasteiger partial charge on any atom is -0.508 e. The van der Waals surface area contributed by atoms with Gasteiger partial charge in [-0.1, -0.05) is 62.9 Å². The molecule has 6 atom stereocenters. The topological polar surface area (TPSA) is 138 Å². The van der Waals surface area contributed by atoms with Gasteiger partial charge in [0.25, 0.3) is 11.8 Å². The lowest BCUT2D eigenvalue weighted by Gasteiger charge is -2.51. The van der Waals surface area contributed by atoms with Crippen molar-refractivity contribution in [2.24, 2.45) is 23.7 Å². The van der Waals surface area contributed by atoms with Crippen molar-refractivity contribution in [1.29, 1.82) is 0 Å². The first-order chi connectivity index (χ1) is 27.1. The summed E-state index contributed by atoms with van der Waals surface area (Å²) in [6, 6.07) is 16.3. The van der Waals surface area contributed by atoms with Crippen LogP contribution in [0.3, 0.4) is 0 Å². The molecule has 6 unspecified atom stereocenters. The maximum Gasteiger partial charge on any atom is 0.417 e. The Morgan fingerprint density at radius 2 is 1.56 bits per heavy atom. The SMILES string of the molecule is COc1cc(O)cc(OC)c1C1C2=CCC3C(=O)N(c4ccc(Br)cc4)C(=O)C3C2CC2C(=O)N(Nc3ncc(C(F)(F)F)cc3Cl)C(=O)C21c1ccc(Cl)cc1. The first kappa shape index (κ1) is 38.7. The Bertz CT molecular complexity index is 2370. The number of fused-ring (bicyclic) bond motifs is 4. The molecule has 294 valence electrons. The van der Waals surface area contributed by atoms with Gasteiger partial charge in [0, 0.05) is 39.3 Å². The molecule has 3 fully saturated rings. The summed E-state index contributed by atoms with van der Waals surface area (Å²) in [6.45, 7) is 0. The smallest absolute Gasteiger partial charge is 0.417 e. The molecule has 57 heavy (non-hydrogen) atoms. The largest absolute Gasteiger partial charge is 0.508 e. The van der Waals surface area contributed by atoms with Gasteiger partial charge in [-0.3, -0.25) is 29.5 Å². The van der Waals surface area contributed by atoms with Gasteiger partial charge in [0.15, 0.2) is 5.82 Å². The zero-order valence-electron chi connectivity index (χ0n) is 29.8. The van der Waals surface area contributed by atoms with Crippen molar-refractivity contribution in [3.63, 3.8) is 0 Å². The third-order valence-corrected chi connectivity index (χ3v) is 12.5. The normalized spacial score (nSPS) is 25.5. The molecule has 1 aromatic heterocycles. The number of hydrazine groups is 1. The van der Waals surface area contributed by atoms with Crippen LogP contribution in [0.5, 0.6) is 17.2 Å². The summed E-state index contributed by atoms with van der Waals surface area (Å²) in [5.74, 6) is -7.89. The second-order valence-electron chi connectivity index (χ2n) is 14.2. The molecule has 4 aliphatic rings. The lowest BCUT2D eigenvalue weighted by Crippen LogP contribution is -2.53. The minimum absolute atomic E-state index is 0.0945. The summed E-state index contributed by atoms with van der Waals surface area (Å²) in [6.07, 6.45) is -2.40. The molecular weight excluding hydrogens is 856 g/mol. The predicted octanol–water partition coefficient (Wildman–Crippen LogP) is 8.08. The van der Waals surface area contributed by atoms with E-state index >= 15 is 4.79 Å². The number of pyridine rings is 1. The van der Waals surface area contributed by atoms with E-state index in [4.69, 9.17) is 32.7 Å². The molecule has 3 aromatic carbocycles. The van der Waals surface area contributed by atoms with E-state index in [9.17, 15) is 32.7 Å². The summed E-state index contributed by atoms with van der Waals surface area (Å²) in [5.41, 5.74) is 1.12. The quantitative estimate of drug-likeness (QED) is 0.139. The van der Waals surface area contributed by atoms with E-state index in [1.165, 1.54) is 26.4 Å². The number of halogens is 6. The molecule has 3 heterocycles. The molecule has 2 aliphatic carbocycles. The summed E-state index contributed by atoms with van der Waals surface area (Å²) in [5, 5.41) is 11.2. The molecule has 2 saturated heterocycles. The Hall–Kier alpha value is -5.12. The van der Waals surface area contributed by atoms with Gasteiger partial charge in [-0.05, 0) is 66.8 Å².